The van der Waals surface area contributed by atoms with Gasteiger partial charge in [-0.15, -0.1) is 0 Å². The molecule has 138 valence electrons. The van der Waals surface area contributed by atoms with E-state index in [9.17, 15) is 9.90 Å². The van der Waals surface area contributed by atoms with Crippen LogP contribution in [0.15, 0.2) is 79.4 Å². The van der Waals surface area contributed by atoms with Crippen LogP contribution >= 0.6 is 0 Å². The number of aromatic nitrogens is 2. The van der Waals surface area contributed by atoms with E-state index in [4.69, 9.17) is 0 Å². The first-order chi connectivity index (χ1) is 13.2. The maximum absolute atomic E-state index is 12.4. The average molecular weight is 362 g/mol. The molecule has 3 rings (SSSR count). The lowest BCUT2D eigenvalue weighted by atomic mass is 9.78. The summed E-state index contributed by atoms with van der Waals surface area (Å²) in [5.74, 6) is 0. The van der Waals surface area contributed by atoms with Gasteiger partial charge in [-0.05, 0) is 24.6 Å². The first-order valence-electron chi connectivity index (χ1n) is 8.79. The van der Waals surface area contributed by atoms with Crippen LogP contribution in [0.2, 0.25) is 0 Å². The van der Waals surface area contributed by atoms with Gasteiger partial charge in [-0.2, -0.15) is 0 Å². The van der Waals surface area contributed by atoms with Gasteiger partial charge in [0.15, 0.2) is 0 Å². The van der Waals surface area contributed by atoms with Crippen LogP contribution in [0.1, 0.15) is 29.7 Å². The summed E-state index contributed by atoms with van der Waals surface area (Å²) in [5.41, 5.74) is 0.320. The number of pyridine rings is 2. The van der Waals surface area contributed by atoms with Crippen LogP contribution in [0, 0.1) is 0 Å². The van der Waals surface area contributed by atoms with Crippen molar-refractivity contribution in [1.82, 2.24) is 20.6 Å². The fraction of sp³-hybridized carbons (Fsp3) is 0.190. The highest BCUT2D eigenvalue weighted by atomic mass is 16.3. The third kappa shape index (κ3) is 3.96. The van der Waals surface area contributed by atoms with Gasteiger partial charge in [0.05, 0.1) is 6.04 Å². The van der Waals surface area contributed by atoms with E-state index < -0.39 is 11.6 Å². The van der Waals surface area contributed by atoms with Crippen molar-refractivity contribution in [1.29, 1.82) is 0 Å². The smallest absolute Gasteiger partial charge is 0.315 e. The Morgan fingerprint density at radius 2 is 1.59 bits per heavy atom. The molecule has 3 N–H and O–H groups in total. The minimum atomic E-state index is -1.56. The van der Waals surface area contributed by atoms with Gasteiger partial charge in [-0.3, -0.25) is 9.97 Å². The molecule has 1 atom stereocenters. The summed E-state index contributed by atoms with van der Waals surface area (Å²) in [7, 11) is 0. The lowest BCUT2D eigenvalue weighted by Gasteiger charge is -2.37. The van der Waals surface area contributed by atoms with E-state index in [1.54, 1.807) is 49.1 Å². The molecule has 0 radical (unpaired) electrons. The fourth-order valence-corrected chi connectivity index (χ4v) is 3.09. The van der Waals surface area contributed by atoms with Crippen LogP contribution < -0.4 is 10.6 Å². The molecule has 1 aromatic carbocycles. The molecule has 0 aliphatic rings. The SMILES string of the molecule is CCNC(=O)NC(c1ccccc1)C(O)(c1cccnc1)c1cccnc1. The van der Waals surface area contributed by atoms with Gasteiger partial charge >= 0.3 is 6.03 Å². The van der Waals surface area contributed by atoms with Crippen LogP contribution in [-0.2, 0) is 5.60 Å². The van der Waals surface area contributed by atoms with E-state index in [1.807, 2.05) is 37.3 Å². The Labute approximate surface area is 158 Å². The first-order valence-corrected chi connectivity index (χ1v) is 8.79. The largest absolute Gasteiger partial charge is 0.378 e. The highest BCUT2D eigenvalue weighted by molar-refractivity contribution is 5.74. The van der Waals surface area contributed by atoms with Crippen LogP contribution in [0.5, 0.6) is 0 Å². The number of rotatable bonds is 6. The van der Waals surface area contributed by atoms with Crippen molar-refractivity contribution < 1.29 is 9.90 Å². The molecule has 0 spiro atoms. The molecule has 0 aliphatic carbocycles. The first kappa shape index (κ1) is 18.5. The molecule has 0 saturated carbocycles. The number of aliphatic hydroxyl groups is 1. The number of hydrogen-bond donors (Lipinski definition) is 3. The van der Waals surface area contributed by atoms with Gasteiger partial charge < -0.3 is 15.7 Å². The van der Waals surface area contributed by atoms with Gasteiger partial charge in [-0.25, -0.2) is 4.79 Å². The minimum absolute atomic E-state index is 0.363. The van der Waals surface area contributed by atoms with Crippen molar-refractivity contribution in [3.8, 4) is 0 Å². The van der Waals surface area contributed by atoms with Gasteiger partial charge in [0.1, 0.15) is 5.60 Å². The van der Waals surface area contributed by atoms with Crippen LogP contribution in [0.25, 0.3) is 0 Å². The summed E-state index contributed by atoms with van der Waals surface area (Å²) in [5, 5.41) is 17.6. The molecular weight excluding hydrogens is 340 g/mol. The molecular formula is C21H22N4O2. The van der Waals surface area contributed by atoms with Gasteiger partial charge in [-0.1, -0.05) is 42.5 Å². The Hall–Kier alpha value is -3.25. The van der Waals surface area contributed by atoms with Gasteiger partial charge in [0.25, 0.3) is 0 Å². The van der Waals surface area contributed by atoms with E-state index in [0.717, 1.165) is 5.56 Å². The third-order valence-corrected chi connectivity index (χ3v) is 4.37. The quantitative estimate of drug-likeness (QED) is 0.629. The maximum atomic E-state index is 12.4. The van der Waals surface area contributed by atoms with Crippen molar-refractivity contribution in [2.75, 3.05) is 6.54 Å². The number of carbonyl (C=O) groups excluding carboxylic acids is 1. The molecule has 3 aromatic rings. The fourth-order valence-electron chi connectivity index (χ4n) is 3.09. The Morgan fingerprint density at radius 1 is 1.00 bits per heavy atom. The number of amides is 2. The highest BCUT2D eigenvalue weighted by Crippen LogP contribution is 2.40. The molecule has 0 fully saturated rings. The number of nitrogens with zero attached hydrogens (tertiary/aromatic N) is 2. The zero-order valence-electron chi connectivity index (χ0n) is 15.0. The molecule has 2 aromatic heterocycles. The monoisotopic (exact) mass is 362 g/mol. The molecule has 0 aliphatic heterocycles. The van der Waals surface area contributed by atoms with Gasteiger partial charge in [0.2, 0.25) is 0 Å². The zero-order valence-corrected chi connectivity index (χ0v) is 15.0. The normalized spacial score (nSPS) is 12.2. The Kier molecular flexibility index (Phi) is 5.78. The molecule has 2 heterocycles. The molecule has 0 bridgehead atoms. The maximum Gasteiger partial charge on any atom is 0.315 e. The third-order valence-electron chi connectivity index (χ3n) is 4.37. The number of nitrogens with one attached hydrogen (secondary N) is 2. The minimum Gasteiger partial charge on any atom is -0.378 e. The molecule has 0 saturated heterocycles. The average Bonchev–Trinajstić information content (AvgIpc) is 2.73. The number of hydrogen-bond acceptors (Lipinski definition) is 4. The lowest BCUT2D eigenvalue weighted by Crippen LogP contribution is -2.48. The molecule has 2 amide bonds. The van der Waals surface area contributed by atoms with Crippen molar-refractivity contribution >= 4 is 6.03 Å². The summed E-state index contributed by atoms with van der Waals surface area (Å²) in [6, 6.07) is 15.3. The van der Waals surface area contributed by atoms with Crippen LogP contribution in [0.4, 0.5) is 4.79 Å². The second kappa shape index (κ2) is 8.42. The predicted molar refractivity (Wildman–Crippen MR) is 103 cm³/mol. The number of urea groups is 1. The Bertz CT molecular complexity index is 818. The summed E-state index contributed by atoms with van der Waals surface area (Å²) in [6.45, 7) is 2.32. The molecule has 27 heavy (non-hydrogen) atoms. The summed E-state index contributed by atoms with van der Waals surface area (Å²) < 4.78 is 0. The predicted octanol–water partition coefficient (Wildman–Crippen LogP) is 2.77. The van der Waals surface area contributed by atoms with Crippen molar-refractivity contribution in [3.63, 3.8) is 0 Å². The summed E-state index contributed by atoms with van der Waals surface area (Å²) >= 11 is 0. The Morgan fingerprint density at radius 3 is 2.07 bits per heavy atom. The van der Waals surface area contributed by atoms with Crippen LogP contribution in [-0.4, -0.2) is 27.7 Å². The summed E-state index contributed by atoms with van der Waals surface area (Å²) in [4.78, 5) is 20.7. The molecule has 6 heteroatoms. The van der Waals surface area contributed by atoms with Gasteiger partial charge in [0, 0.05) is 42.5 Å². The summed E-state index contributed by atoms with van der Waals surface area (Å²) in [6.07, 6.45) is 6.48. The lowest BCUT2D eigenvalue weighted by molar-refractivity contribution is 0.0395. The van der Waals surface area contributed by atoms with E-state index in [1.165, 1.54) is 0 Å². The van der Waals surface area contributed by atoms with Crippen molar-refractivity contribution in [2.24, 2.45) is 0 Å². The Balaban J connectivity index is 2.17. The highest BCUT2D eigenvalue weighted by Gasteiger charge is 2.42. The second-order valence-electron chi connectivity index (χ2n) is 6.10. The number of benzene rings is 1. The van der Waals surface area contributed by atoms with Crippen molar-refractivity contribution in [3.05, 3.63) is 96.1 Å². The molecule has 6 nitrogen and oxygen atoms in total. The standard InChI is InChI=1S/C21H22N4O2/c1-2-24-20(26)25-19(16-8-4-3-5-9-16)21(27,17-10-6-12-22-14-17)18-11-7-13-23-15-18/h3-15,19,27H,2H2,1H3,(H2,24,25,26). The van der Waals surface area contributed by atoms with E-state index in [-0.39, 0.29) is 6.03 Å². The topological polar surface area (TPSA) is 87.1 Å². The second-order valence-corrected chi connectivity index (χ2v) is 6.10. The van der Waals surface area contributed by atoms with Crippen molar-refractivity contribution in [2.45, 2.75) is 18.6 Å². The zero-order chi connectivity index (χ0) is 19.1. The van der Waals surface area contributed by atoms with E-state index in [0.29, 0.717) is 17.7 Å². The van der Waals surface area contributed by atoms with Crippen LogP contribution in [0.3, 0.4) is 0 Å². The van der Waals surface area contributed by atoms with E-state index >= 15 is 0 Å². The number of carbonyl (C=O) groups is 1. The molecule has 1 unspecified atom stereocenters. The van der Waals surface area contributed by atoms with E-state index in [2.05, 4.69) is 20.6 Å².